The van der Waals surface area contributed by atoms with Gasteiger partial charge in [-0.15, -0.1) is 11.8 Å². The predicted molar refractivity (Wildman–Crippen MR) is 171 cm³/mol. The Balaban J connectivity index is 1.16. The lowest BCUT2D eigenvalue weighted by Gasteiger charge is -2.36. The Morgan fingerprint density at radius 2 is 1.42 bits per heavy atom. The average Bonchev–Trinajstić information content (AvgIpc) is 3.36. The zero-order chi connectivity index (χ0) is 29.8. The average molecular weight is 595 g/mol. The van der Waals surface area contributed by atoms with Gasteiger partial charge >= 0.3 is 0 Å². The molecule has 8 heteroatoms. The Labute approximate surface area is 256 Å². The molecule has 0 aliphatic carbocycles. The highest BCUT2D eigenvalue weighted by Gasteiger charge is 2.42. The molecule has 0 aromatic heterocycles. The molecule has 0 spiro atoms. The summed E-state index contributed by atoms with van der Waals surface area (Å²) in [5, 5.41) is -0.649. The highest BCUT2D eigenvalue weighted by molar-refractivity contribution is 8.01. The van der Waals surface area contributed by atoms with Crippen LogP contribution in [0.5, 0.6) is 0 Å². The fourth-order valence-corrected chi connectivity index (χ4v) is 7.19. The number of amides is 2. The Bertz CT molecular complexity index is 1540. The van der Waals surface area contributed by atoms with Crippen molar-refractivity contribution in [1.82, 2.24) is 9.80 Å². The number of thioether (sulfide) groups is 1. The summed E-state index contributed by atoms with van der Waals surface area (Å²) in [6.45, 7) is 3.42. The first kappa shape index (κ1) is 29.0. The number of nitrogens with two attached hydrogens (primary N) is 1. The van der Waals surface area contributed by atoms with Gasteiger partial charge in [0.15, 0.2) is 0 Å². The summed E-state index contributed by atoms with van der Waals surface area (Å²) in [6.07, 6.45) is 0.168. The van der Waals surface area contributed by atoms with E-state index in [0.717, 1.165) is 33.5 Å². The van der Waals surface area contributed by atoms with Gasteiger partial charge in [-0.2, -0.15) is 0 Å². The van der Waals surface area contributed by atoms with Crippen LogP contribution in [0.1, 0.15) is 28.5 Å². The quantitative estimate of drug-likeness (QED) is 0.278. The van der Waals surface area contributed by atoms with Crippen LogP contribution in [-0.4, -0.2) is 53.0 Å². The summed E-state index contributed by atoms with van der Waals surface area (Å²) in [5.74, 6) is -0.274. The molecule has 0 bridgehead atoms. The zero-order valence-electron chi connectivity index (χ0n) is 23.9. The van der Waals surface area contributed by atoms with Crippen molar-refractivity contribution in [3.8, 4) is 11.1 Å². The molecule has 2 unspecified atom stereocenters. The van der Waals surface area contributed by atoms with E-state index in [1.165, 1.54) is 12.1 Å². The standard InChI is InChI=1S/C35H35FN4O2S/c36-30-14-16-31(17-15-30)38-18-20-39(21-19-38)33(41)22-32-34(42)40(24-26-8-6-25(23-37)7-9-26)35(43-32)29-12-10-28(11-13-29)27-4-2-1-3-5-27/h1-17,32,35H,18-24,37H2. The van der Waals surface area contributed by atoms with Crippen LogP contribution in [0.25, 0.3) is 11.1 Å². The first-order valence-electron chi connectivity index (χ1n) is 14.7. The van der Waals surface area contributed by atoms with E-state index in [4.69, 9.17) is 5.73 Å². The summed E-state index contributed by atoms with van der Waals surface area (Å²) in [7, 11) is 0. The molecule has 6 rings (SSSR count). The molecule has 2 saturated heterocycles. The molecule has 2 heterocycles. The fraction of sp³-hybridized carbons (Fsp3) is 0.257. The number of carbonyl (C=O) groups is 2. The SMILES string of the molecule is NCc1ccc(CN2C(=O)C(CC(=O)N3CCN(c4ccc(F)cc4)CC3)SC2c2ccc(-c3ccccc3)cc2)cc1. The molecular weight excluding hydrogens is 559 g/mol. The number of hydrogen-bond donors (Lipinski definition) is 1. The molecule has 220 valence electrons. The minimum Gasteiger partial charge on any atom is -0.368 e. The van der Waals surface area contributed by atoms with Crippen LogP contribution in [0.4, 0.5) is 10.1 Å². The summed E-state index contributed by atoms with van der Waals surface area (Å²) in [4.78, 5) is 33.2. The van der Waals surface area contributed by atoms with E-state index >= 15 is 0 Å². The molecule has 6 nitrogen and oxygen atoms in total. The van der Waals surface area contributed by atoms with Gasteiger partial charge in [0.1, 0.15) is 11.2 Å². The Kier molecular flexibility index (Phi) is 8.77. The first-order chi connectivity index (χ1) is 21.0. The van der Waals surface area contributed by atoms with Crippen LogP contribution in [0.15, 0.2) is 103 Å². The van der Waals surface area contributed by atoms with Crippen molar-refractivity contribution in [3.05, 3.63) is 126 Å². The molecule has 2 aliphatic rings. The second-order valence-corrected chi connectivity index (χ2v) is 12.3. The van der Waals surface area contributed by atoms with E-state index < -0.39 is 5.25 Å². The number of anilines is 1. The van der Waals surface area contributed by atoms with Crippen molar-refractivity contribution in [3.63, 3.8) is 0 Å². The third kappa shape index (κ3) is 6.60. The molecule has 0 saturated carbocycles. The van der Waals surface area contributed by atoms with Gasteiger partial charge in [0.05, 0.1) is 5.25 Å². The molecule has 2 atom stereocenters. The summed E-state index contributed by atoms with van der Waals surface area (Å²) in [5.41, 5.74) is 12.1. The monoisotopic (exact) mass is 594 g/mol. The van der Waals surface area contributed by atoms with Gasteiger partial charge in [-0.05, 0) is 52.1 Å². The third-order valence-electron chi connectivity index (χ3n) is 8.23. The first-order valence-corrected chi connectivity index (χ1v) is 15.6. The van der Waals surface area contributed by atoms with E-state index in [9.17, 15) is 14.0 Å². The Morgan fingerprint density at radius 1 is 0.791 bits per heavy atom. The smallest absolute Gasteiger partial charge is 0.237 e. The maximum absolute atomic E-state index is 13.9. The molecule has 0 radical (unpaired) electrons. The van der Waals surface area contributed by atoms with Gasteiger partial charge in [0, 0.05) is 51.4 Å². The second kappa shape index (κ2) is 13.0. The van der Waals surface area contributed by atoms with E-state index in [2.05, 4.69) is 41.3 Å². The highest BCUT2D eigenvalue weighted by Crippen LogP contribution is 2.45. The lowest BCUT2D eigenvalue weighted by atomic mass is 10.0. The fourth-order valence-electron chi connectivity index (χ4n) is 5.74. The molecule has 4 aromatic rings. The predicted octanol–water partition coefficient (Wildman–Crippen LogP) is 5.83. The minimum atomic E-state index is -0.454. The number of halogens is 1. The molecule has 43 heavy (non-hydrogen) atoms. The normalized spacial score (nSPS) is 18.7. The summed E-state index contributed by atoms with van der Waals surface area (Å²) >= 11 is 1.56. The lowest BCUT2D eigenvalue weighted by Crippen LogP contribution is -2.49. The summed E-state index contributed by atoms with van der Waals surface area (Å²) < 4.78 is 13.3. The van der Waals surface area contributed by atoms with Crippen molar-refractivity contribution in [2.24, 2.45) is 5.73 Å². The zero-order valence-corrected chi connectivity index (χ0v) is 24.8. The topological polar surface area (TPSA) is 69.9 Å². The van der Waals surface area contributed by atoms with Crippen LogP contribution < -0.4 is 10.6 Å². The number of benzene rings is 4. The number of hydrogen-bond acceptors (Lipinski definition) is 5. The Hall–Kier alpha value is -4.14. The largest absolute Gasteiger partial charge is 0.368 e. The summed E-state index contributed by atoms with van der Waals surface area (Å²) in [6, 6.07) is 33.1. The van der Waals surface area contributed by atoms with Crippen molar-refractivity contribution >= 4 is 29.3 Å². The van der Waals surface area contributed by atoms with E-state index in [1.807, 2.05) is 52.3 Å². The lowest BCUT2D eigenvalue weighted by molar-refractivity contribution is -0.136. The van der Waals surface area contributed by atoms with Gasteiger partial charge < -0.3 is 20.4 Å². The molecule has 4 aromatic carbocycles. The van der Waals surface area contributed by atoms with E-state index in [-0.39, 0.29) is 29.4 Å². The minimum absolute atomic E-state index is 0.00284. The van der Waals surface area contributed by atoms with Gasteiger partial charge in [-0.3, -0.25) is 9.59 Å². The number of rotatable bonds is 8. The molecule has 2 fully saturated rings. The Morgan fingerprint density at radius 3 is 2.07 bits per heavy atom. The van der Waals surface area contributed by atoms with Crippen molar-refractivity contribution in [1.29, 1.82) is 0 Å². The van der Waals surface area contributed by atoms with Crippen LogP contribution in [0.3, 0.4) is 0 Å². The maximum atomic E-state index is 13.9. The van der Waals surface area contributed by atoms with Gasteiger partial charge in [-0.25, -0.2) is 4.39 Å². The molecule has 2 amide bonds. The van der Waals surface area contributed by atoms with Crippen molar-refractivity contribution < 1.29 is 14.0 Å². The van der Waals surface area contributed by atoms with Gasteiger partial charge in [0.2, 0.25) is 11.8 Å². The van der Waals surface area contributed by atoms with Crippen LogP contribution in [0.2, 0.25) is 0 Å². The number of nitrogens with zero attached hydrogens (tertiary/aromatic N) is 3. The second-order valence-electron chi connectivity index (χ2n) is 11.0. The van der Waals surface area contributed by atoms with Gasteiger partial charge in [0.25, 0.3) is 0 Å². The van der Waals surface area contributed by atoms with Crippen molar-refractivity contribution in [2.45, 2.75) is 30.1 Å². The maximum Gasteiger partial charge on any atom is 0.237 e. The van der Waals surface area contributed by atoms with Crippen LogP contribution in [-0.2, 0) is 22.7 Å². The molecular formula is C35H35FN4O2S. The highest BCUT2D eigenvalue weighted by atomic mass is 32.2. The van der Waals surface area contributed by atoms with E-state index in [0.29, 0.717) is 39.3 Å². The molecule has 2 aliphatic heterocycles. The van der Waals surface area contributed by atoms with E-state index in [1.54, 1.807) is 23.9 Å². The number of piperazine rings is 1. The van der Waals surface area contributed by atoms with Crippen molar-refractivity contribution in [2.75, 3.05) is 31.1 Å². The third-order valence-corrected chi connectivity index (χ3v) is 9.71. The molecule has 2 N–H and O–H groups in total. The van der Waals surface area contributed by atoms with Gasteiger partial charge in [-0.1, -0.05) is 78.9 Å². The van der Waals surface area contributed by atoms with Crippen LogP contribution >= 0.6 is 11.8 Å². The number of carbonyl (C=O) groups excluding carboxylic acids is 2. The van der Waals surface area contributed by atoms with Crippen LogP contribution in [0, 0.1) is 5.82 Å².